The van der Waals surface area contributed by atoms with Gasteiger partial charge in [-0.2, -0.15) is 0 Å². The molecule has 2 heteroatoms. The van der Waals surface area contributed by atoms with Crippen molar-refractivity contribution in [1.29, 1.82) is 0 Å². The van der Waals surface area contributed by atoms with Crippen molar-refractivity contribution in [1.82, 2.24) is 10.2 Å². The minimum atomic E-state index is 0.659. The zero-order valence-electron chi connectivity index (χ0n) is 8.92. The van der Waals surface area contributed by atoms with Gasteiger partial charge in [0.05, 0.1) is 0 Å². The van der Waals surface area contributed by atoms with Gasteiger partial charge in [0.2, 0.25) is 0 Å². The normalized spacial score (nSPS) is 28.5. The number of nitrogens with zero attached hydrogens (tertiary/aromatic N) is 1. The van der Waals surface area contributed by atoms with E-state index in [9.17, 15) is 0 Å². The first kappa shape index (κ1) is 10.6. The maximum absolute atomic E-state index is 3.83. The van der Waals surface area contributed by atoms with E-state index < -0.39 is 0 Å². The van der Waals surface area contributed by atoms with E-state index in [2.05, 4.69) is 30.8 Å². The molecule has 0 amide bonds. The van der Waals surface area contributed by atoms with E-state index in [1.165, 1.54) is 25.7 Å². The molecule has 1 fully saturated rings. The van der Waals surface area contributed by atoms with E-state index in [0.717, 1.165) is 6.54 Å². The number of rotatable bonds is 4. The summed E-state index contributed by atoms with van der Waals surface area (Å²) < 4.78 is 0. The summed E-state index contributed by atoms with van der Waals surface area (Å²) in [5.74, 6) is 0. The monoisotopic (exact) mass is 182 g/mol. The predicted octanol–water partition coefficient (Wildman–Crippen LogP) is 1.98. The van der Waals surface area contributed by atoms with Gasteiger partial charge in [0.25, 0.3) is 0 Å². The molecule has 1 aliphatic carbocycles. The molecule has 0 aromatic carbocycles. The van der Waals surface area contributed by atoms with E-state index in [0.29, 0.717) is 12.1 Å². The quantitative estimate of drug-likeness (QED) is 0.715. The molecule has 0 aromatic heterocycles. The van der Waals surface area contributed by atoms with Gasteiger partial charge >= 0.3 is 0 Å². The van der Waals surface area contributed by atoms with Gasteiger partial charge in [-0.25, -0.2) is 0 Å². The third-order valence-corrected chi connectivity index (χ3v) is 3.01. The molecule has 1 N–H and O–H groups in total. The van der Waals surface area contributed by atoms with Gasteiger partial charge in [0.1, 0.15) is 0 Å². The van der Waals surface area contributed by atoms with Crippen LogP contribution in [0.1, 0.15) is 32.6 Å². The lowest BCUT2D eigenvalue weighted by molar-refractivity contribution is 0.198. The van der Waals surface area contributed by atoms with Gasteiger partial charge in [-0.15, -0.1) is 0 Å². The maximum Gasteiger partial charge on any atom is 0.0434 e. The van der Waals surface area contributed by atoms with Crippen molar-refractivity contribution < 1.29 is 0 Å². The van der Waals surface area contributed by atoms with E-state index >= 15 is 0 Å². The first-order valence-corrected chi connectivity index (χ1v) is 5.37. The summed E-state index contributed by atoms with van der Waals surface area (Å²) in [4.78, 5) is 2.26. The molecule has 0 radical (unpaired) electrons. The summed E-state index contributed by atoms with van der Waals surface area (Å²) >= 11 is 0. The fraction of sp³-hybridized carbons (Fsp3) is 0.818. The number of likely N-dealkylation sites (N-methyl/N-ethyl adjacent to an activating group) is 2. The van der Waals surface area contributed by atoms with Crippen LogP contribution in [0.25, 0.3) is 0 Å². The zero-order chi connectivity index (χ0) is 9.68. The van der Waals surface area contributed by atoms with E-state index in [1.807, 2.05) is 6.20 Å². The topological polar surface area (TPSA) is 15.3 Å². The Morgan fingerprint density at radius 2 is 2.15 bits per heavy atom. The fourth-order valence-electron chi connectivity index (χ4n) is 2.23. The highest BCUT2D eigenvalue weighted by Gasteiger charge is 2.25. The van der Waals surface area contributed by atoms with Crippen molar-refractivity contribution in [3.8, 4) is 0 Å². The van der Waals surface area contributed by atoms with Crippen LogP contribution in [0.15, 0.2) is 12.8 Å². The first-order chi connectivity index (χ1) is 6.29. The Bertz CT molecular complexity index is 154. The third kappa shape index (κ3) is 2.73. The lowest BCUT2D eigenvalue weighted by atomic mass is 9.89. The third-order valence-electron chi connectivity index (χ3n) is 3.01. The molecular weight excluding hydrogens is 160 g/mol. The van der Waals surface area contributed by atoms with E-state index in [1.54, 1.807) is 0 Å². The highest BCUT2D eigenvalue weighted by Crippen LogP contribution is 2.22. The molecule has 13 heavy (non-hydrogen) atoms. The van der Waals surface area contributed by atoms with Crippen LogP contribution in [0.4, 0.5) is 0 Å². The molecule has 0 saturated heterocycles. The van der Waals surface area contributed by atoms with Gasteiger partial charge in [-0.1, -0.05) is 26.3 Å². The van der Waals surface area contributed by atoms with Crippen LogP contribution in [-0.2, 0) is 0 Å². The van der Waals surface area contributed by atoms with E-state index in [4.69, 9.17) is 0 Å². The smallest absolute Gasteiger partial charge is 0.0434 e. The summed E-state index contributed by atoms with van der Waals surface area (Å²) in [6, 6.07) is 1.33. The van der Waals surface area contributed by atoms with Crippen LogP contribution in [0, 0.1) is 0 Å². The lowest BCUT2D eigenvalue weighted by Crippen LogP contribution is -2.48. The maximum atomic E-state index is 3.83. The Morgan fingerprint density at radius 3 is 2.77 bits per heavy atom. The van der Waals surface area contributed by atoms with Crippen molar-refractivity contribution in [3.63, 3.8) is 0 Å². The molecule has 76 valence electrons. The lowest BCUT2D eigenvalue weighted by Gasteiger charge is -2.37. The molecule has 2 atom stereocenters. The second-order valence-electron chi connectivity index (χ2n) is 3.86. The van der Waals surface area contributed by atoms with Crippen LogP contribution in [0.5, 0.6) is 0 Å². The predicted molar refractivity (Wildman–Crippen MR) is 57.7 cm³/mol. The molecule has 1 aliphatic rings. The number of nitrogens with one attached hydrogen (secondary N) is 1. The Balaban J connectivity index is 2.50. The van der Waals surface area contributed by atoms with Crippen LogP contribution in [-0.4, -0.2) is 30.6 Å². The van der Waals surface area contributed by atoms with Crippen molar-refractivity contribution in [2.24, 2.45) is 0 Å². The van der Waals surface area contributed by atoms with Crippen molar-refractivity contribution in [2.45, 2.75) is 44.7 Å². The second kappa shape index (κ2) is 5.28. The number of hydrogen-bond acceptors (Lipinski definition) is 2. The molecular formula is C11H22N2. The highest BCUT2D eigenvalue weighted by molar-refractivity contribution is 4.89. The Hall–Kier alpha value is -0.500. The fourth-order valence-corrected chi connectivity index (χ4v) is 2.23. The first-order valence-electron chi connectivity index (χ1n) is 5.37. The Morgan fingerprint density at radius 1 is 1.46 bits per heavy atom. The largest absolute Gasteiger partial charge is 0.376 e. The summed E-state index contributed by atoms with van der Waals surface area (Å²) in [5.41, 5.74) is 0. The second-order valence-corrected chi connectivity index (χ2v) is 3.86. The van der Waals surface area contributed by atoms with Crippen LogP contribution >= 0.6 is 0 Å². The Labute approximate surface area is 82.0 Å². The molecule has 0 unspecified atom stereocenters. The van der Waals surface area contributed by atoms with Gasteiger partial charge in [-0.05, 0) is 25.6 Å². The van der Waals surface area contributed by atoms with Crippen LogP contribution < -0.4 is 5.32 Å². The average Bonchev–Trinajstić information content (AvgIpc) is 2.18. The van der Waals surface area contributed by atoms with Crippen molar-refractivity contribution in [2.75, 3.05) is 13.6 Å². The summed E-state index contributed by atoms with van der Waals surface area (Å²) in [7, 11) is 2.13. The van der Waals surface area contributed by atoms with Gasteiger partial charge < -0.3 is 10.2 Å². The summed E-state index contributed by atoms with van der Waals surface area (Å²) in [6.07, 6.45) is 7.31. The van der Waals surface area contributed by atoms with Gasteiger partial charge in [-0.3, -0.25) is 0 Å². The van der Waals surface area contributed by atoms with Crippen molar-refractivity contribution >= 4 is 0 Å². The number of hydrogen-bond donors (Lipinski definition) is 1. The molecule has 0 aromatic rings. The molecule has 0 bridgehead atoms. The average molecular weight is 182 g/mol. The SMILES string of the molecule is C=CN(C)[C@@H]1CCCC[C@@H]1NCC. The Kier molecular flexibility index (Phi) is 4.29. The molecule has 2 nitrogen and oxygen atoms in total. The van der Waals surface area contributed by atoms with E-state index in [-0.39, 0.29) is 0 Å². The zero-order valence-corrected chi connectivity index (χ0v) is 8.92. The molecule has 0 heterocycles. The molecule has 0 aliphatic heterocycles. The summed E-state index contributed by atoms with van der Waals surface area (Å²) in [5, 5.41) is 3.56. The summed E-state index contributed by atoms with van der Waals surface area (Å²) in [6.45, 7) is 7.08. The molecule has 1 rings (SSSR count). The minimum absolute atomic E-state index is 0.659. The highest BCUT2D eigenvalue weighted by atomic mass is 15.1. The van der Waals surface area contributed by atoms with Crippen LogP contribution in [0.3, 0.4) is 0 Å². The molecule has 0 spiro atoms. The van der Waals surface area contributed by atoms with Gasteiger partial charge in [0, 0.05) is 19.1 Å². The standard InChI is InChI=1S/C11H22N2/c1-4-12-10-8-6-7-9-11(10)13(3)5-2/h5,10-12H,2,4,6-9H2,1,3H3/t10-,11+/m0/s1. The van der Waals surface area contributed by atoms with Crippen LogP contribution in [0.2, 0.25) is 0 Å². The van der Waals surface area contributed by atoms with Gasteiger partial charge in [0.15, 0.2) is 0 Å². The minimum Gasteiger partial charge on any atom is -0.376 e. The molecule has 1 saturated carbocycles. The van der Waals surface area contributed by atoms with Crippen molar-refractivity contribution in [3.05, 3.63) is 12.8 Å².